The van der Waals surface area contributed by atoms with Crippen LogP contribution in [0.3, 0.4) is 0 Å². The maximum absolute atomic E-state index is 13.0. The van der Waals surface area contributed by atoms with E-state index >= 15 is 0 Å². The van der Waals surface area contributed by atoms with Crippen molar-refractivity contribution in [2.24, 2.45) is 0 Å². The fourth-order valence-electron chi connectivity index (χ4n) is 4.21. The Kier molecular flexibility index (Phi) is 6.85. The van der Waals surface area contributed by atoms with Crippen LogP contribution in [0.15, 0.2) is 41.8 Å². The van der Waals surface area contributed by atoms with Crippen LogP contribution in [-0.4, -0.2) is 67.7 Å². The topological polar surface area (TPSA) is 36.0 Å². The number of amides is 1. The number of hydrogen-bond donors (Lipinski definition) is 0. The minimum Gasteiger partial charge on any atom is -0.377 e. The second-order valence-corrected chi connectivity index (χ2v) is 9.12. The highest BCUT2D eigenvalue weighted by atomic mass is 32.1. The van der Waals surface area contributed by atoms with Crippen LogP contribution in [0.25, 0.3) is 0 Å². The summed E-state index contributed by atoms with van der Waals surface area (Å²) in [6, 6.07) is 12.8. The van der Waals surface area contributed by atoms with E-state index in [0.717, 1.165) is 58.7 Å². The molecule has 0 aliphatic carbocycles. The molecule has 1 amide bonds. The van der Waals surface area contributed by atoms with Gasteiger partial charge in [-0.05, 0) is 48.9 Å². The van der Waals surface area contributed by atoms with Crippen molar-refractivity contribution < 1.29 is 9.53 Å². The first-order valence-corrected chi connectivity index (χ1v) is 11.5. The van der Waals surface area contributed by atoms with Gasteiger partial charge in [-0.15, -0.1) is 11.3 Å². The fourth-order valence-corrected chi connectivity index (χ4v) is 4.96. The maximum atomic E-state index is 13.0. The Balaban J connectivity index is 1.32. The van der Waals surface area contributed by atoms with Crippen molar-refractivity contribution in [2.75, 3.05) is 50.8 Å². The number of hydrogen-bond acceptors (Lipinski definition) is 5. The lowest BCUT2D eigenvalue weighted by Crippen LogP contribution is -2.51. The van der Waals surface area contributed by atoms with Gasteiger partial charge >= 0.3 is 0 Å². The van der Waals surface area contributed by atoms with Crippen LogP contribution in [0.5, 0.6) is 0 Å². The average Bonchev–Trinajstić information content (AvgIpc) is 3.42. The fraction of sp³-hybridized carbons (Fsp3) is 0.522. The molecule has 1 aromatic heterocycles. The molecule has 1 aromatic carbocycles. The molecular formula is C23H31N3O2S. The first kappa shape index (κ1) is 20.4. The maximum Gasteiger partial charge on any atom is 0.236 e. The summed E-state index contributed by atoms with van der Waals surface area (Å²) in [4.78, 5) is 21.0. The van der Waals surface area contributed by atoms with Gasteiger partial charge in [-0.2, -0.15) is 0 Å². The lowest BCUT2D eigenvalue weighted by atomic mass is 10.2. The number of thiophene rings is 1. The Labute approximate surface area is 177 Å². The summed E-state index contributed by atoms with van der Waals surface area (Å²) in [6.07, 6.45) is 2.50. The van der Waals surface area contributed by atoms with Gasteiger partial charge in [0.2, 0.25) is 5.91 Å². The van der Waals surface area contributed by atoms with Crippen molar-refractivity contribution in [3.05, 3.63) is 52.2 Å². The third-order valence-electron chi connectivity index (χ3n) is 5.80. The highest BCUT2D eigenvalue weighted by Crippen LogP contribution is 2.19. The van der Waals surface area contributed by atoms with E-state index in [1.54, 1.807) is 11.3 Å². The smallest absolute Gasteiger partial charge is 0.236 e. The average molecular weight is 414 g/mol. The summed E-state index contributed by atoms with van der Waals surface area (Å²) in [5, 5.41) is 2.10. The lowest BCUT2D eigenvalue weighted by Gasteiger charge is -2.37. The molecule has 1 atom stereocenters. The van der Waals surface area contributed by atoms with Crippen LogP contribution >= 0.6 is 11.3 Å². The number of aryl methyl sites for hydroxylation is 1. The number of rotatable bonds is 7. The predicted octanol–water partition coefficient (Wildman–Crippen LogP) is 3.39. The van der Waals surface area contributed by atoms with Crippen LogP contribution in [-0.2, 0) is 16.1 Å². The van der Waals surface area contributed by atoms with Gasteiger partial charge in [0.05, 0.1) is 12.6 Å². The summed E-state index contributed by atoms with van der Waals surface area (Å²) in [6.45, 7) is 8.49. The number of anilines is 1. The predicted molar refractivity (Wildman–Crippen MR) is 119 cm³/mol. The quantitative estimate of drug-likeness (QED) is 0.697. The molecule has 2 saturated heterocycles. The molecule has 0 spiro atoms. The Hall–Kier alpha value is -1.89. The van der Waals surface area contributed by atoms with E-state index in [4.69, 9.17) is 4.74 Å². The molecule has 0 N–H and O–H groups in total. The van der Waals surface area contributed by atoms with E-state index in [-0.39, 0.29) is 12.0 Å². The van der Waals surface area contributed by atoms with Gasteiger partial charge in [-0.25, -0.2) is 0 Å². The van der Waals surface area contributed by atoms with E-state index in [1.807, 2.05) is 4.90 Å². The Bertz CT molecular complexity index is 781. The van der Waals surface area contributed by atoms with E-state index in [1.165, 1.54) is 16.1 Å². The highest BCUT2D eigenvalue weighted by molar-refractivity contribution is 7.09. The molecule has 2 aliphatic heterocycles. The standard InChI is InChI=1S/C23H31N3O2S/c1-19-5-2-6-20(15-19)25-9-11-26(12-10-25)23(27)18-24(16-21-7-3-13-28-21)17-22-8-4-14-29-22/h2,4-6,8,14-15,21H,3,7,9-13,16-18H2,1H3. The van der Waals surface area contributed by atoms with Gasteiger partial charge in [0.15, 0.2) is 0 Å². The lowest BCUT2D eigenvalue weighted by molar-refractivity contribution is -0.133. The van der Waals surface area contributed by atoms with Crippen molar-refractivity contribution in [3.63, 3.8) is 0 Å². The Morgan fingerprint density at radius 3 is 2.76 bits per heavy atom. The Morgan fingerprint density at radius 1 is 1.21 bits per heavy atom. The SMILES string of the molecule is Cc1cccc(N2CCN(C(=O)CN(Cc3cccs3)CC3CCCO3)CC2)c1. The summed E-state index contributed by atoms with van der Waals surface area (Å²) >= 11 is 1.76. The molecular weight excluding hydrogens is 382 g/mol. The van der Waals surface area contributed by atoms with E-state index in [9.17, 15) is 4.79 Å². The van der Waals surface area contributed by atoms with Crippen LogP contribution in [0.2, 0.25) is 0 Å². The van der Waals surface area contributed by atoms with Gasteiger partial charge in [-0.3, -0.25) is 9.69 Å². The van der Waals surface area contributed by atoms with Crippen LogP contribution in [0.4, 0.5) is 5.69 Å². The normalized spacial score (nSPS) is 19.9. The van der Waals surface area contributed by atoms with Crippen molar-refractivity contribution >= 4 is 22.9 Å². The number of nitrogens with zero attached hydrogens (tertiary/aromatic N) is 3. The van der Waals surface area contributed by atoms with Gasteiger partial charge in [0.25, 0.3) is 0 Å². The zero-order valence-electron chi connectivity index (χ0n) is 17.3. The van der Waals surface area contributed by atoms with Gasteiger partial charge in [-0.1, -0.05) is 18.2 Å². The highest BCUT2D eigenvalue weighted by Gasteiger charge is 2.25. The molecule has 6 heteroatoms. The molecule has 3 heterocycles. The first-order chi connectivity index (χ1) is 14.2. The monoisotopic (exact) mass is 413 g/mol. The molecule has 0 saturated carbocycles. The largest absolute Gasteiger partial charge is 0.377 e. The summed E-state index contributed by atoms with van der Waals surface area (Å²) in [5.74, 6) is 0.239. The van der Waals surface area contributed by atoms with E-state index < -0.39 is 0 Å². The number of piperazine rings is 1. The van der Waals surface area contributed by atoms with Gasteiger partial charge in [0.1, 0.15) is 0 Å². The van der Waals surface area contributed by atoms with Gasteiger partial charge in [0, 0.05) is 56.4 Å². The Morgan fingerprint density at radius 2 is 2.07 bits per heavy atom. The van der Waals surface area contributed by atoms with Crippen molar-refractivity contribution in [1.82, 2.24) is 9.80 Å². The number of benzene rings is 1. The minimum atomic E-state index is 0.239. The van der Waals surface area contributed by atoms with Crippen molar-refractivity contribution in [2.45, 2.75) is 32.4 Å². The molecule has 0 radical (unpaired) electrons. The van der Waals surface area contributed by atoms with Crippen molar-refractivity contribution in [1.29, 1.82) is 0 Å². The van der Waals surface area contributed by atoms with Crippen LogP contribution < -0.4 is 4.90 Å². The second-order valence-electron chi connectivity index (χ2n) is 8.09. The minimum absolute atomic E-state index is 0.239. The summed E-state index contributed by atoms with van der Waals surface area (Å²) in [5.41, 5.74) is 2.54. The summed E-state index contributed by atoms with van der Waals surface area (Å²) < 4.78 is 5.83. The van der Waals surface area contributed by atoms with E-state index in [2.05, 4.69) is 58.5 Å². The van der Waals surface area contributed by atoms with Gasteiger partial charge < -0.3 is 14.5 Å². The molecule has 156 valence electrons. The molecule has 2 fully saturated rings. The molecule has 4 rings (SSSR count). The molecule has 2 aliphatic rings. The van der Waals surface area contributed by atoms with Crippen LogP contribution in [0.1, 0.15) is 23.3 Å². The first-order valence-electron chi connectivity index (χ1n) is 10.6. The zero-order chi connectivity index (χ0) is 20.1. The van der Waals surface area contributed by atoms with Crippen LogP contribution in [0, 0.1) is 6.92 Å². The number of carbonyl (C=O) groups excluding carboxylic acids is 1. The molecule has 1 unspecified atom stereocenters. The number of ether oxygens (including phenoxy) is 1. The molecule has 2 aromatic rings. The third-order valence-corrected chi connectivity index (χ3v) is 6.66. The third kappa shape index (κ3) is 5.59. The van der Waals surface area contributed by atoms with E-state index in [0.29, 0.717) is 6.54 Å². The summed E-state index contributed by atoms with van der Waals surface area (Å²) in [7, 11) is 0. The number of carbonyl (C=O) groups is 1. The zero-order valence-corrected chi connectivity index (χ0v) is 18.1. The molecule has 29 heavy (non-hydrogen) atoms. The molecule has 5 nitrogen and oxygen atoms in total. The molecule has 0 bridgehead atoms. The van der Waals surface area contributed by atoms with Crippen molar-refractivity contribution in [3.8, 4) is 0 Å². The second kappa shape index (κ2) is 9.74.